The Balaban J connectivity index is 1.28. The summed E-state index contributed by atoms with van der Waals surface area (Å²) in [7, 11) is 0. The highest BCUT2D eigenvalue weighted by atomic mass is 32.2. The van der Waals surface area contributed by atoms with Crippen LogP contribution in [0.3, 0.4) is 0 Å². The maximum Gasteiger partial charge on any atom is 0.230 e. The number of para-hydroxylation sites is 2. The number of thiazole rings is 1. The highest BCUT2D eigenvalue weighted by Gasteiger charge is 2.19. The lowest BCUT2D eigenvalue weighted by molar-refractivity contribution is -0.119. The Morgan fingerprint density at radius 3 is 2.79 bits per heavy atom. The van der Waals surface area contributed by atoms with Crippen molar-refractivity contribution in [3.63, 3.8) is 0 Å². The molecule has 0 aliphatic carbocycles. The molecule has 170 valence electrons. The molecule has 4 aromatic rings. The molecule has 1 N–H and O–H groups in total. The van der Waals surface area contributed by atoms with Gasteiger partial charge in [-0.2, -0.15) is 0 Å². The topological polar surface area (TPSA) is 81.9 Å². The van der Waals surface area contributed by atoms with Gasteiger partial charge in [0.15, 0.2) is 9.50 Å². The smallest absolute Gasteiger partial charge is 0.230 e. The number of ether oxygens (including phenoxy) is 1. The van der Waals surface area contributed by atoms with Gasteiger partial charge < -0.3 is 10.1 Å². The molecule has 3 heterocycles. The predicted molar refractivity (Wildman–Crippen MR) is 133 cm³/mol. The number of carbonyl (C=O) groups is 1. The van der Waals surface area contributed by atoms with Crippen LogP contribution in [0.1, 0.15) is 18.7 Å². The molecule has 1 amide bonds. The highest BCUT2D eigenvalue weighted by molar-refractivity contribution is 8.00. The summed E-state index contributed by atoms with van der Waals surface area (Å²) in [5, 5.41) is 12.5. The van der Waals surface area contributed by atoms with Gasteiger partial charge in [0.05, 0.1) is 27.8 Å². The van der Waals surface area contributed by atoms with Crippen molar-refractivity contribution in [2.24, 2.45) is 0 Å². The fraction of sp³-hybridized carbons (Fsp3) is 0.304. The summed E-state index contributed by atoms with van der Waals surface area (Å²) in [6, 6.07) is 18.2. The number of aromatic nitrogens is 4. The van der Waals surface area contributed by atoms with E-state index in [0.29, 0.717) is 17.5 Å². The molecule has 7 nitrogen and oxygen atoms in total. The second-order valence-electron chi connectivity index (χ2n) is 7.53. The molecule has 1 aliphatic heterocycles. The van der Waals surface area contributed by atoms with Crippen LogP contribution in [0.15, 0.2) is 64.1 Å². The van der Waals surface area contributed by atoms with Gasteiger partial charge in [-0.1, -0.05) is 53.9 Å². The van der Waals surface area contributed by atoms with E-state index in [9.17, 15) is 4.79 Å². The summed E-state index contributed by atoms with van der Waals surface area (Å²) in [5.74, 6) is 1.71. The number of hydrogen-bond donors (Lipinski definition) is 1. The summed E-state index contributed by atoms with van der Waals surface area (Å²) >= 11 is 4.72. The van der Waals surface area contributed by atoms with Gasteiger partial charge in [-0.05, 0) is 37.1 Å². The number of amides is 1. The summed E-state index contributed by atoms with van der Waals surface area (Å²) < 4.78 is 9.78. The number of benzene rings is 2. The van der Waals surface area contributed by atoms with Crippen molar-refractivity contribution in [1.82, 2.24) is 25.1 Å². The van der Waals surface area contributed by atoms with Gasteiger partial charge in [-0.25, -0.2) is 4.98 Å². The second-order valence-corrected chi connectivity index (χ2v) is 10.7. The maximum absolute atomic E-state index is 12.4. The van der Waals surface area contributed by atoms with Crippen LogP contribution >= 0.6 is 34.9 Å². The molecule has 10 heteroatoms. The third-order valence-corrected chi connectivity index (χ3v) is 8.30. The van der Waals surface area contributed by atoms with Crippen molar-refractivity contribution in [2.45, 2.75) is 34.2 Å². The Morgan fingerprint density at radius 2 is 1.97 bits per heavy atom. The van der Waals surface area contributed by atoms with Gasteiger partial charge in [0.25, 0.3) is 0 Å². The predicted octanol–water partition coefficient (Wildman–Crippen LogP) is 4.56. The molecule has 1 aliphatic rings. The van der Waals surface area contributed by atoms with E-state index in [-0.39, 0.29) is 17.8 Å². The summed E-state index contributed by atoms with van der Waals surface area (Å²) in [5.41, 5.74) is 1.99. The van der Waals surface area contributed by atoms with E-state index in [4.69, 9.17) is 9.72 Å². The summed E-state index contributed by atoms with van der Waals surface area (Å²) in [4.78, 5) is 17.1. The first-order chi connectivity index (χ1) is 16.3. The van der Waals surface area contributed by atoms with E-state index >= 15 is 0 Å². The molecular weight excluding hydrogens is 474 g/mol. The molecule has 0 bridgehead atoms. The van der Waals surface area contributed by atoms with Crippen molar-refractivity contribution in [3.8, 4) is 5.69 Å². The lowest BCUT2D eigenvalue weighted by Crippen LogP contribution is -2.32. The van der Waals surface area contributed by atoms with Crippen molar-refractivity contribution < 1.29 is 9.53 Å². The molecule has 1 saturated heterocycles. The van der Waals surface area contributed by atoms with E-state index in [1.54, 1.807) is 23.1 Å². The number of rotatable bonds is 9. The maximum atomic E-state index is 12.4. The number of hydrogen-bond acceptors (Lipinski definition) is 8. The van der Waals surface area contributed by atoms with E-state index in [2.05, 4.69) is 21.6 Å². The molecule has 1 unspecified atom stereocenters. The number of fused-ring (bicyclic) bond motifs is 1. The highest BCUT2D eigenvalue weighted by Crippen LogP contribution is 2.32. The normalized spacial score (nSPS) is 15.8. The van der Waals surface area contributed by atoms with Crippen LogP contribution in [0.5, 0.6) is 0 Å². The van der Waals surface area contributed by atoms with Crippen LogP contribution in [0.2, 0.25) is 0 Å². The third kappa shape index (κ3) is 5.57. The lowest BCUT2D eigenvalue weighted by Gasteiger charge is -2.11. The Labute approximate surface area is 204 Å². The van der Waals surface area contributed by atoms with Crippen molar-refractivity contribution in [1.29, 1.82) is 0 Å². The van der Waals surface area contributed by atoms with Gasteiger partial charge >= 0.3 is 0 Å². The number of carbonyl (C=O) groups excluding carboxylic acids is 1. The molecular formula is C23H23N5O2S3. The molecule has 5 rings (SSSR count). The fourth-order valence-electron chi connectivity index (χ4n) is 3.58. The van der Waals surface area contributed by atoms with E-state index in [1.165, 1.54) is 16.5 Å². The van der Waals surface area contributed by atoms with Gasteiger partial charge in [-0.3, -0.25) is 9.36 Å². The largest absolute Gasteiger partial charge is 0.376 e. The van der Waals surface area contributed by atoms with E-state index < -0.39 is 0 Å². The number of nitrogens with zero attached hydrogens (tertiary/aromatic N) is 4. The number of thioether (sulfide) groups is 2. The Bertz CT molecular complexity index is 1190. The molecule has 0 radical (unpaired) electrons. The zero-order valence-corrected chi connectivity index (χ0v) is 20.3. The standard InChI is InChI=1S/C23H23N5O2S3/c29-21(24-13-17-9-6-12-30-17)15-31-22-27-26-20(28(22)16-7-2-1-3-8-16)14-32-23-25-18-10-4-5-11-19(18)33-23/h1-5,7-8,10-11,17H,6,9,12-15H2,(H,24,29). The summed E-state index contributed by atoms with van der Waals surface area (Å²) in [6.45, 7) is 1.35. The van der Waals surface area contributed by atoms with Crippen LogP contribution in [0.25, 0.3) is 15.9 Å². The minimum Gasteiger partial charge on any atom is -0.376 e. The van der Waals surface area contributed by atoms with E-state index in [1.807, 2.05) is 53.1 Å². The van der Waals surface area contributed by atoms with Crippen molar-refractivity contribution in [2.75, 3.05) is 18.9 Å². The first kappa shape index (κ1) is 22.4. The Kier molecular flexibility index (Phi) is 7.25. The zero-order chi connectivity index (χ0) is 22.5. The monoisotopic (exact) mass is 497 g/mol. The van der Waals surface area contributed by atoms with Crippen LogP contribution in [-0.4, -0.2) is 50.7 Å². The van der Waals surface area contributed by atoms with Crippen LogP contribution in [-0.2, 0) is 15.3 Å². The van der Waals surface area contributed by atoms with Crippen LogP contribution < -0.4 is 5.32 Å². The SMILES string of the molecule is O=C(CSc1nnc(CSc2nc3ccccc3s2)n1-c1ccccc1)NCC1CCCO1. The van der Waals surface area contributed by atoms with Gasteiger partial charge in [0.1, 0.15) is 5.82 Å². The first-order valence-corrected chi connectivity index (χ1v) is 13.5. The molecule has 33 heavy (non-hydrogen) atoms. The zero-order valence-electron chi connectivity index (χ0n) is 17.8. The van der Waals surface area contributed by atoms with Crippen LogP contribution in [0.4, 0.5) is 0 Å². The second kappa shape index (κ2) is 10.7. The fourth-order valence-corrected chi connectivity index (χ4v) is 6.36. The Morgan fingerprint density at radius 1 is 1.12 bits per heavy atom. The van der Waals surface area contributed by atoms with Gasteiger partial charge in [0.2, 0.25) is 5.91 Å². The molecule has 1 atom stereocenters. The minimum atomic E-state index is -0.0245. The lowest BCUT2D eigenvalue weighted by atomic mass is 10.2. The van der Waals surface area contributed by atoms with Crippen LogP contribution in [0, 0.1) is 0 Å². The third-order valence-electron chi connectivity index (χ3n) is 5.20. The average Bonchev–Trinajstić information content (AvgIpc) is 3.60. The van der Waals surface area contributed by atoms with Gasteiger partial charge in [-0.15, -0.1) is 21.5 Å². The first-order valence-electron chi connectivity index (χ1n) is 10.8. The van der Waals surface area contributed by atoms with E-state index in [0.717, 1.165) is 40.8 Å². The quantitative estimate of drug-likeness (QED) is 0.340. The average molecular weight is 498 g/mol. The molecule has 0 saturated carbocycles. The molecule has 2 aromatic carbocycles. The Hall–Kier alpha value is -2.40. The molecule has 1 fully saturated rings. The van der Waals surface area contributed by atoms with Crippen molar-refractivity contribution >= 4 is 51.0 Å². The molecule has 2 aromatic heterocycles. The summed E-state index contributed by atoms with van der Waals surface area (Å²) in [6.07, 6.45) is 2.21. The molecule has 0 spiro atoms. The minimum absolute atomic E-state index is 0.0245. The van der Waals surface area contributed by atoms with Crippen molar-refractivity contribution in [3.05, 3.63) is 60.4 Å². The van der Waals surface area contributed by atoms with Gasteiger partial charge in [0, 0.05) is 18.8 Å². The number of nitrogens with one attached hydrogen (secondary N) is 1.